The molecule has 0 aliphatic heterocycles. The van der Waals surface area contributed by atoms with Gasteiger partial charge < -0.3 is 19.5 Å². The van der Waals surface area contributed by atoms with E-state index in [1.165, 1.54) is 0 Å². The van der Waals surface area contributed by atoms with Crippen LogP contribution in [0, 0.1) is 0 Å². The molecular formula is C24H24Cl3NO3. The van der Waals surface area contributed by atoms with E-state index in [1.54, 1.807) is 32.4 Å². The summed E-state index contributed by atoms with van der Waals surface area (Å²) in [6.07, 6.45) is 0.856. The third-order valence-corrected chi connectivity index (χ3v) is 5.79. The molecule has 0 spiro atoms. The summed E-state index contributed by atoms with van der Waals surface area (Å²) in [6.45, 7) is 1.62. The van der Waals surface area contributed by atoms with Crippen molar-refractivity contribution in [2.24, 2.45) is 0 Å². The highest BCUT2D eigenvalue weighted by atomic mass is 35.5. The van der Waals surface area contributed by atoms with Crippen molar-refractivity contribution in [3.63, 3.8) is 0 Å². The fraction of sp³-hybridized carbons (Fsp3) is 0.250. The van der Waals surface area contributed by atoms with E-state index in [1.807, 2.05) is 30.3 Å². The van der Waals surface area contributed by atoms with Crippen molar-refractivity contribution in [2.75, 3.05) is 20.8 Å². The molecule has 0 fully saturated rings. The van der Waals surface area contributed by atoms with E-state index >= 15 is 0 Å². The van der Waals surface area contributed by atoms with Crippen LogP contribution in [0.15, 0.2) is 54.6 Å². The number of para-hydroxylation sites is 1. The number of ether oxygens (including phenoxy) is 3. The van der Waals surface area contributed by atoms with Gasteiger partial charge in [-0.15, -0.1) is 0 Å². The van der Waals surface area contributed by atoms with Crippen molar-refractivity contribution in [3.8, 4) is 17.2 Å². The Morgan fingerprint density at radius 1 is 0.806 bits per heavy atom. The van der Waals surface area contributed by atoms with E-state index in [2.05, 4.69) is 11.4 Å². The molecule has 0 unspecified atom stereocenters. The fourth-order valence-electron chi connectivity index (χ4n) is 3.20. The lowest BCUT2D eigenvalue weighted by Gasteiger charge is -2.16. The predicted octanol–water partition coefficient (Wildman–Crippen LogP) is 6.58. The SMILES string of the molecule is COc1ccccc1CCNCc1cc(Cl)c(OCc2c(Cl)cccc2Cl)c(OC)c1. The molecule has 4 nitrogen and oxygen atoms in total. The summed E-state index contributed by atoms with van der Waals surface area (Å²) in [4.78, 5) is 0. The minimum Gasteiger partial charge on any atom is -0.496 e. The van der Waals surface area contributed by atoms with Crippen molar-refractivity contribution in [2.45, 2.75) is 19.6 Å². The van der Waals surface area contributed by atoms with Crippen LogP contribution in [0.1, 0.15) is 16.7 Å². The highest BCUT2D eigenvalue weighted by Crippen LogP contribution is 2.38. The number of hydrogen-bond donors (Lipinski definition) is 1. The third kappa shape index (κ3) is 6.20. The lowest BCUT2D eigenvalue weighted by atomic mass is 10.1. The maximum atomic E-state index is 6.49. The van der Waals surface area contributed by atoms with Crippen molar-refractivity contribution in [3.05, 3.63) is 86.4 Å². The Morgan fingerprint density at radius 3 is 2.23 bits per heavy atom. The first-order chi connectivity index (χ1) is 15.0. The summed E-state index contributed by atoms with van der Waals surface area (Å²) < 4.78 is 16.8. The summed E-state index contributed by atoms with van der Waals surface area (Å²) in [5.41, 5.74) is 2.85. The molecule has 0 radical (unpaired) electrons. The minimum absolute atomic E-state index is 0.186. The van der Waals surface area contributed by atoms with E-state index in [4.69, 9.17) is 49.0 Å². The zero-order valence-electron chi connectivity index (χ0n) is 17.4. The standard InChI is InChI=1S/C24H24Cl3NO3/c1-29-22-9-4-3-6-17(22)10-11-28-14-16-12-21(27)24(23(13-16)30-2)31-15-18-19(25)7-5-8-20(18)26/h3-9,12-13,28H,10-11,14-15H2,1-2H3. The average molecular weight is 481 g/mol. The molecule has 0 aromatic heterocycles. The van der Waals surface area contributed by atoms with Gasteiger partial charge in [-0.05, 0) is 54.4 Å². The maximum absolute atomic E-state index is 6.49. The van der Waals surface area contributed by atoms with Crippen LogP contribution in [0.5, 0.6) is 17.2 Å². The van der Waals surface area contributed by atoms with Crippen molar-refractivity contribution in [1.82, 2.24) is 5.32 Å². The monoisotopic (exact) mass is 479 g/mol. The molecule has 0 saturated carbocycles. The van der Waals surface area contributed by atoms with Gasteiger partial charge in [-0.25, -0.2) is 0 Å². The second kappa shape index (κ2) is 11.5. The normalized spacial score (nSPS) is 10.7. The molecule has 164 valence electrons. The number of benzene rings is 3. The fourth-order valence-corrected chi connectivity index (χ4v) is 3.99. The predicted molar refractivity (Wildman–Crippen MR) is 127 cm³/mol. The highest BCUT2D eigenvalue weighted by Gasteiger charge is 2.14. The molecule has 31 heavy (non-hydrogen) atoms. The number of methoxy groups -OCH3 is 2. The second-order valence-corrected chi connectivity index (χ2v) is 8.06. The Balaban J connectivity index is 1.62. The molecular weight excluding hydrogens is 457 g/mol. The van der Waals surface area contributed by atoms with Crippen LogP contribution in [0.25, 0.3) is 0 Å². The van der Waals surface area contributed by atoms with Crippen molar-refractivity contribution in [1.29, 1.82) is 0 Å². The van der Waals surface area contributed by atoms with Gasteiger partial charge in [0.2, 0.25) is 0 Å². The van der Waals surface area contributed by atoms with E-state index in [-0.39, 0.29) is 6.61 Å². The van der Waals surface area contributed by atoms with Gasteiger partial charge in [-0.3, -0.25) is 0 Å². The van der Waals surface area contributed by atoms with Crippen LogP contribution in [0.4, 0.5) is 0 Å². The molecule has 0 aliphatic carbocycles. The number of hydrogen-bond acceptors (Lipinski definition) is 4. The van der Waals surface area contributed by atoms with Crippen molar-refractivity contribution >= 4 is 34.8 Å². The van der Waals surface area contributed by atoms with Crippen LogP contribution >= 0.6 is 34.8 Å². The van der Waals surface area contributed by atoms with Gasteiger partial charge in [0.1, 0.15) is 12.4 Å². The van der Waals surface area contributed by atoms with E-state index in [9.17, 15) is 0 Å². The maximum Gasteiger partial charge on any atom is 0.180 e. The minimum atomic E-state index is 0.186. The Hall–Kier alpha value is -2.11. The molecule has 3 rings (SSSR count). The first kappa shape index (κ1) is 23.6. The van der Waals surface area contributed by atoms with Crippen LogP contribution in [0.3, 0.4) is 0 Å². The molecule has 0 amide bonds. The molecule has 3 aromatic rings. The van der Waals surface area contributed by atoms with Gasteiger partial charge in [0.15, 0.2) is 11.5 Å². The number of halogens is 3. The highest BCUT2D eigenvalue weighted by molar-refractivity contribution is 6.36. The lowest BCUT2D eigenvalue weighted by molar-refractivity contribution is 0.284. The van der Waals surface area contributed by atoms with Gasteiger partial charge in [0, 0.05) is 22.2 Å². The van der Waals surface area contributed by atoms with E-state index < -0.39 is 0 Å². The third-order valence-electron chi connectivity index (χ3n) is 4.80. The summed E-state index contributed by atoms with van der Waals surface area (Å²) in [6, 6.07) is 17.1. The smallest absolute Gasteiger partial charge is 0.180 e. The summed E-state index contributed by atoms with van der Waals surface area (Å²) in [5.74, 6) is 1.91. The van der Waals surface area contributed by atoms with Gasteiger partial charge in [0.25, 0.3) is 0 Å². The van der Waals surface area contributed by atoms with Crippen molar-refractivity contribution < 1.29 is 14.2 Å². The van der Waals surface area contributed by atoms with Crippen LogP contribution in [-0.4, -0.2) is 20.8 Å². The van der Waals surface area contributed by atoms with Gasteiger partial charge in [-0.2, -0.15) is 0 Å². The molecule has 0 saturated heterocycles. The first-order valence-electron chi connectivity index (χ1n) is 9.78. The zero-order chi connectivity index (χ0) is 22.2. The van der Waals surface area contributed by atoms with Crippen LogP contribution in [-0.2, 0) is 19.6 Å². The summed E-state index contributed by atoms with van der Waals surface area (Å²) >= 11 is 18.9. The van der Waals surface area contributed by atoms with E-state index in [0.717, 1.165) is 29.8 Å². The van der Waals surface area contributed by atoms with Gasteiger partial charge in [-0.1, -0.05) is 59.1 Å². The lowest BCUT2D eigenvalue weighted by Crippen LogP contribution is -2.17. The van der Waals surface area contributed by atoms with Gasteiger partial charge >= 0.3 is 0 Å². The van der Waals surface area contributed by atoms with Crippen LogP contribution < -0.4 is 19.5 Å². The largest absolute Gasteiger partial charge is 0.496 e. The second-order valence-electron chi connectivity index (χ2n) is 6.84. The molecule has 1 N–H and O–H groups in total. The number of rotatable bonds is 10. The Bertz CT molecular complexity index is 1010. The average Bonchev–Trinajstić information content (AvgIpc) is 2.77. The topological polar surface area (TPSA) is 39.7 Å². The quantitative estimate of drug-likeness (QED) is 0.333. The molecule has 0 heterocycles. The molecule has 0 atom stereocenters. The molecule has 7 heteroatoms. The molecule has 3 aromatic carbocycles. The Kier molecular flexibility index (Phi) is 8.73. The first-order valence-corrected chi connectivity index (χ1v) is 10.9. The zero-order valence-corrected chi connectivity index (χ0v) is 19.7. The summed E-state index contributed by atoms with van der Waals surface area (Å²) in [7, 11) is 3.27. The molecule has 0 aliphatic rings. The van der Waals surface area contributed by atoms with E-state index in [0.29, 0.717) is 38.7 Å². The van der Waals surface area contributed by atoms with Gasteiger partial charge in [0.05, 0.1) is 19.2 Å². The Labute approximate surface area is 198 Å². The van der Waals surface area contributed by atoms with Crippen LogP contribution in [0.2, 0.25) is 15.1 Å². The molecule has 0 bridgehead atoms. The number of nitrogens with one attached hydrogen (secondary N) is 1. The Morgan fingerprint density at radius 2 is 1.52 bits per heavy atom. The summed E-state index contributed by atoms with van der Waals surface area (Å²) in [5, 5.41) is 4.97.